The van der Waals surface area contributed by atoms with E-state index in [0.29, 0.717) is 19.6 Å². The van der Waals surface area contributed by atoms with Gasteiger partial charge >= 0.3 is 0 Å². The highest BCUT2D eigenvalue weighted by molar-refractivity contribution is 5.64. The second-order valence-electron chi connectivity index (χ2n) is 3.14. The van der Waals surface area contributed by atoms with Crippen LogP contribution in [0.15, 0.2) is 0 Å². The van der Waals surface area contributed by atoms with Gasteiger partial charge in [0.1, 0.15) is 0 Å². The predicted molar refractivity (Wildman–Crippen MR) is 50.5 cm³/mol. The Morgan fingerprint density at radius 2 is 1.86 bits per heavy atom. The van der Waals surface area contributed by atoms with E-state index < -0.39 is 5.97 Å². The third-order valence-corrected chi connectivity index (χ3v) is 1.73. The molecule has 0 radical (unpaired) electrons. The molecule has 0 saturated carbocycles. The van der Waals surface area contributed by atoms with Crippen LogP contribution < -0.4 is 5.11 Å². The first-order valence-electron chi connectivity index (χ1n) is 5.10. The van der Waals surface area contributed by atoms with Crippen molar-refractivity contribution < 1.29 is 19.4 Å². The topological polar surface area (TPSA) is 58.6 Å². The summed E-state index contributed by atoms with van der Waals surface area (Å²) in [6.45, 7) is 5.00. The van der Waals surface area contributed by atoms with E-state index in [9.17, 15) is 9.90 Å². The van der Waals surface area contributed by atoms with Gasteiger partial charge < -0.3 is 19.4 Å². The Morgan fingerprint density at radius 1 is 1.29 bits per heavy atom. The summed E-state index contributed by atoms with van der Waals surface area (Å²) in [7, 11) is 0. The number of aliphatic carboxylic acids is 1. The molecule has 0 aromatic rings. The zero-order chi connectivity index (χ0) is 10.8. The first-order valence-corrected chi connectivity index (χ1v) is 5.10. The van der Waals surface area contributed by atoms with Crippen molar-refractivity contribution in [2.24, 2.45) is 0 Å². The minimum Gasteiger partial charge on any atom is -0.550 e. The lowest BCUT2D eigenvalue weighted by Crippen LogP contribution is -2.22. The molecule has 0 N–H and O–H groups in total. The number of carbonyl (C=O) groups excluding carboxylic acids is 1. The highest BCUT2D eigenvalue weighted by Gasteiger charge is 2.00. The van der Waals surface area contributed by atoms with Crippen molar-refractivity contribution in [3.05, 3.63) is 0 Å². The minimum atomic E-state index is -1.03. The van der Waals surface area contributed by atoms with Crippen molar-refractivity contribution in [2.45, 2.75) is 45.8 Å². The molecule has 0 aliphatic rings. The second-order valence-corrected chi connectivity index (χ2v) is 3.14. The van der Waals surface area contributed by atoms with E-state index in [1.165, 1.54) is 0 Å². The lowest BCUT2D eigenvalue weighted by molar-refractivity contribution is -0.306. The van der Waals surface area contributed by atoms with Gasteiger partial charge in [0.05, 0.1) is 6.61 Å². The van der Waals surface area contributed by atoms with Crippen molar-refractivity contribution in [3.8, 4) is 0 Å². The van der Waals surface area contributed by atoms with Crippen LogP contribution in [0, 0.1) is 0 Å². The van der Waals surface area contributed by atoms with E-state index in [1.807, 2.05) is 6.92 Å². The Hall–Kier alpha value is -0.610. The Bertz CT molecular complexity index is 147. The van der Waals surface area contributed by atoms with Gasteiger partial charge in [-0.2, -0.15) is 0 Å². The third-order valence-electron chi connectivity index (χ3n) is 1.73. The quantitative estimate of drug-likeness (QED) is 0.409. The number of ether oxygens (including phenoxy) is 2. The summed E-state index contributed by atoms with van der Waals surface area (Å²) < 4.78 is 10.5. The summed E-state index contributed by atoms with van der Waals surface area (Å²) in [6.07, 6.45) is 2.39. The molecular weight excluding hydrogens is 184 g/mol. The number of carbonyl (C=O) groups is 1. The van der Waals surface area contributed by atoms with Gasteiger partial charge in [0, 0.05) is 12.6 Å². The summed E-state index contributed by atoms with van der Waals surface area (Å²) in [6, 6.07) is 0. The Kier molecular flexibility index (Phi) is 8.57. The first kappa shape index (κ1) is 13.4. The number of carboxylic acid groups (broad SMARTS) is 1. The van der Waals surface area contributed by atoms with Crippen LogP contribution in [0.3, 0.4) is 0 Å². The van der Waals surface area contributed by atoms with Gasteiger partial charge in [0.25, 0.3) is 0 Å². The van der Waals surface area contributed by atoms with Crippen LogP contribution in [0.4, 0.5) is 0 Å². The zero-order valence-electron chi connectivity index (χ0n) is 8.95. The summed E-state index contributed by atoms with van der Waals surface area (Å²) in [5.74, 6) is -1.03. The Balaban J connectivity index is 3.18. The molecule has 0 aromatic carbocycles. The molecule has 0 bridgehead atoms. The summed E-state index contributed by atoms with van der Waals surface area (Å²) in [5, 5.41) is 10.1. The van der Waals surface area contributed by atoms with Gasteiger partial charge in [-0.1, -0.05) is 13.3 Å². The SMILES string of the molecule is CCCCOC(C)OCCCC(=O)[O-]. The van der Waals surface area contributed by atoms with Gasteiger partial charge in [-0.3, -0.25) is 0 Å². The van der Waals surface area contributed by atoms with Crippen LogP contribution in [-0.4, -0.2) is 25.5 Å². The molecule has 0 aliphatic heterocycles. The standard InChI is InChI=1S/C10H20O4/c1-3-4-7-13-9(2)14-8-5-6-10(11)12/h9H,3-8H2,1-2H3,(H,11,12)/p-1. The fourth-order valence-corrected chi connectivity index (χ4v) is 0.908. The molecule has 0 amide bonds. The number of hydrogen-bond acceptors (Lipinski definition) is 4. The maximum atomic E-state index is 10.1. The maximum absolute atomic E-state index is 10.1. The van der Waals surface area contributed by atoms with Crippen LogP contribution in [-0.2, 0) is 14.3 Å². The average Bonchev–Trinajstić information content (AvgIpc) is 2.13. The fourth-order valence-electron chi connectivity index (χ4n) is 0.908. The highest BCUT2D eigenvalue weighted by atomic mass is 16.7. The average molecular weight is 203 g/mol. The molecule has 0 spiro atoms. The summed E-state index contributed by atoms with van der Waals surface area (Å²) in [5.41, 5.74) is 0. The lowest BCUT2D eigenvalue weighted by atomic mass is 10.3. The molecule has 4 heteroatoms. The highest BCUT2D eigenvalue weighted by Crippen LogP contribution is 1.98. The van der Waals surface area contributed by atoms with Crippen LogP contribution in [0.2, 0.25) is 0 Å². The van der Waals surface area contributed by atoms with Crippen LogP contribution >= 0.6 is 0 Å². The van der Waals surface area contributed by atoms with Crippen molar-refractivity contribution in [2.75, 3.05) is 13.2 Å². The van der Waals surface area contributed by atoms with Gasteiger partial charge in [-0.15, -0.1) is 0 Å². The third kappa shape index (κ3) is 9.48. The van der Waals surface area contributed by atoms with E-state index in [0.717, 1.165) is 12.8 Å². The van der Waals surface area contributed by atoms with Crippen molar-refractivity contribution in [1.82, 2.24) is 0 Å². The number of hydrogen-bond donors (Lipinski definition) is 0. The molecule has 0 aromatic heterocycles. The monoisotopic (exact) mass is 203 g/mol. The second kappa shape index (κ2) is 8.97. The molecule has 1 unspecified atom stereocenters. The molecule has 4 nitrogen and oxygen atoms in total. The smallest absolute Gasteiger partial charge is 0.154 e. The molecule has 14 heavy (non-hydrogen) atoms. The predicted octanol–water partition coefficient (Wildman–Crippen LogP) is 0.696. The largest absolute Gasteiger partial charge is 0.550 e. The summed E-state index contributed by atoms with van der Waals surface area (Å²) in [4.78, 5) is 10.1. The van der Waals surface area contributed by atoms with E-state index in [4.69, 9.17) is 9.47 Å². The van der Waals surface area contributed by atoms with Crippen LogP contribution in [0.25, 0.3) is 0 Å². The van der Waals surface area contributed by atoms with Crippen molar-refractivity contribution in [3.63, 3.8) is 0 Å². The van der Waals surface area contributed by atoms with Crippen molar-refractivity contribution >= 4 is 5.97 Å². The van der Waals surface area contributed by atoms with Gasteiger partial charge in [-0.25, -0.2) is 0 Å². The van der Waals surface area contributed by atoms with E-state index in [-0.39, 0.29) is 12.7 Å². The van der Waals surface area contributed by atoms with Crippen LogP contribution in [0.1, 0.15) is 39.5 Å². The molecule has 84 valence electrons. The molecule has 0 saturated heterocycles. The number of carboxylic acids is 1. The molecular formula is C10H19O4-. The lowest BCUT2D eigenvalue weighted by Gasteiger charge is -2.13. The molecule has 0 fully saturated rings. The normalized spacial score (nSPS) is 12.7. The summed E-state index contributed by atoms with van der Waals surface area (Å²) >= 11 is 0. The molecule has 0 heterocycles. The van der Waals surface area contributed by atoms with E-state index in [1.54, 1.807) is 0 Å². The Labute approximate surface area is 85.2 Å². The van der Waals surface area contributed by atoms with Gasteiger partial charge in [-0.05, 0) is 26.2 Å². The minimum absolute atomic E-state index is 0.0433. The first-order chi connectivity index (χ1) is 6.66. The zero-order valence-corrected chi connectivity index (χ0v) is 8.95. The van der Waals surface area contributed by atoms with Gasteiger partial charge in [0.2, 0.25) is 0 Å². The van der Waals surface area contributed by atoms with E-state index in [2.05, 4.69) is 6.92 Å². The maximum Gasteiger partial charge on any atom is 0.154 e. The number of unbranched alkanes of at least 4 members (excludes halogenated alkanes) is 1. The molecule has 0 rings (SSSR count). The Morgan fingerprint density at radius 3 is 2.36 bits per heavy atom. The van der Waals surface area contributed by atoms with Gasteiger partial charge in [0.15, 0.2) is 6.29 Å². The molecule has 0 aliphatic carbocycles. The molecule has 1 atom stereocenters. The van der Waals surface area contributed by atoms with E-state index >= 15 is 0 Å². The fraction of sp³-hybridized carbons (Fsp3) is 0.900. The van der Waals surface area contributed by atoms with Crippen molar-refractivity contribution in [1.29, 1.82) is 0 Å². The van der Waals surface area contributed by atoms with Crippen LogP contribution in [0.5, 0.6) is 0 Å². The number of rotatable bonds is 9.